The number of aryl methyl sites for hydroxylation is 2. The van der Waals surface area contributed by atoms with Crippen LogP contribution in [0.2, 0.25) is 10.0 Å². The molecule has 0 unspecified atom stereocenters. The second kappa shape index (κ2) is 11.7. The summed E-state index contributed by atoms with van der Waals surface area (Å²) in [6, 6.07) is 14.9. The quantitative estimate of drug-likeness (QED) is 0.275. The third kappa shape index (κ3) is 6.45. The second-order valence-corrected chi connectivity index (χ2v) is 10.7. The molecule has 0 aliphatic carbocycles. The molecule has 36 heavy (non-hydrogen) atoms. The molecule has 186 valence electrons. The van der Waals surface area contributed by atoms with Gasteiger partial charge in [0, 0.05) is 4.47 Å². The van der Waals surface area contributed by atoms with E-state index in [4.69, 9.17) is 32.7 Å². The van der Waals surface area contributed by atoms with Crippen LogP contribution in [0.15, 0.2) is 62.9 Å². The Morgan fingerprint density at radius 1 is 1.00 bits per heavy atom. The van der Waals surface area contributed by atoms with Crippen molar-refractivity contribution >= 4 is 73.7 Å². The van der Waals surface area contributed by atoms with Gasteiger partial charge in [-0.3, -0.25) is 4.79 Å². The SMILES string of the molecule is CCOc1cc(/C=C2\SC(=Nc3cc(C)c(Br)c(C)c3)NC2=O)ccc1OCc1ccc(Cl)c(Cl)c1. The van der Waals surface area contributed by atoms with E-state index in [1.165, 1.54) is 11.8 Å². The summed E-state index contributed by atoms with van der Waals surface area (Å²) < 4.78 is 12.8. The van der Waals surface area contributed by atoms with Crippen molar-refractivity contribution < 1.29 is 14.3 Å². The number of thioether (sulfide) groups is 1. The van der Waals surface area contributed by atoms with Gasteiger partial charge in [-0.05, 0) is 97.3 Å². The minimum Gasteiger partial charge on any atom is -0.490 e. The van der Waals surface area contributed by atoms with Crippen molar-refractivity contribution in [3.63, 3.8) is 0 Å². The first kappa shape index (κ1) is 26.6. The molecule has 0 bridgehead atoms. The lowest BCUT2D eigenvalue weighted by Crippen LogP contribution is -2.19. The number of amidine groups is 1. The van der Waals surface area contributed by atoms with Gasteiger partial charge in [0.25, 0.3) is 5.91 Å². The number of nitrogens with one attached hydrogen (secondary N) is 1. The maximum Gasteiger partial charge on any atom is 0.264 e. The van der Waals surface area contributed by atoms with E-state index in [0.717, 1.165) is 32.4 Å². The molecule has 1 aliphatic heterocycles. The number of carbonyl (C=O) groups excluding carboxylic acids is 1. The lowest BCUT2D eigenvalue weighted by atomic mass is 10.1. The maximum absolute atomic E-state index is 12.6. The van der Waals surface area contributed by atoms with Gasteiger partial charge in [-0.2, -0.15) is 0 Å². The number of ether oxygens (including phenoxy) is 2. The van der Waals surface area contributed by atoms with Crippen LogP contribution in [0.4, 0.5) is 5.69 Å². The molecule has 0 atom stereocenters. The van der Waals surface area contributed by atoms with Gasteiger partial charge in [0.05, 0.1) is 27.2 Å². The van der Waals surface area contributed by atoms with E-state index in [2.05, 4.69) is 26.2 Å². The lowest BCUT2D eigenvalue weighted by molar-refractivity contribution is -0.115. The van der Waals surface area contributed by atoms with Crippen LogP contribution in [-0.2, 0) is 11.4 Å². The summed E-state index contributed by atoms with van der Waals surface area (Å²) in [5.74, 6) is 0.990. The smallest absolute Gasteiger partial charge is 0.264 e. The summed E-state index contributed by atoms with van der Waals surface area (Å²) in [6.45, 7) is 6.72. The minimum absolute atomic E-state index is 0.192. The summed E-state index contributed by atoms with van der Waals surface area (Å²) in [4.78, 5) is 17.8. The molecule has 3 aromatic carbocycles. The molecule has 1 N–H and O–H groups in total. The van der Waals surface area contributed by atoms with Crippen molar-refractivity contribution in [2.75, 3.05) is 6.61 Å². The third-order valence-electron chi connectivity index (χ3n) is 5.25. The molecule has 1 amide bonds. The van der Waals surface area contributed by atoms with E-state index < -0.39 is 0 Å². The van der Waals surface area contributed by atoms with Crippen LogP contribution in [0.3, 0.4) is 0 Å². The normalized spacial score (nSPS) is 15.4. The zero-order chi connectivity index (χ0) is 25.8. The Kier molecular flexibility index (Phi) is 8.67. The van der Waals surface area contributed by atoms with E-state index in [0.29, 0.717) is 44.8 Å². The van der Waals surface area contributed by atoms with Crippen molar-refractivity contribution in [2.45, 2.75) is 27.4 Å². The Bertz CT molecular complexity index is 1370. The molecule has 0 aromatic heterocycles. The summed E-state index contributed by atoms with van der Waals surface area (Å²) in [5.41, 5.74) is 4.67. The molecule has 1 aliphatic rings. The molecule has 0 spiro atoms. The van der Waals surface area contributed by atoms with E-state index in [9.17, 15) is 4.79 Å². The van der Waals surface area contributed by atoms with Crippen LogP contribution in [0.25, 0.3) is 6.08 Å². The molecular weight excluding hydrogens is 583 g/mol. The van der Waals surface area contributed by atoms with E-state index in [1.807, 2.05) is 63.2 Å². The summed E-state index contributed by atoms with van der Waals surface area (Å²) >= 11 is 17.0. The van der Waals surface area contributed by atoms with Gasteiger partial charge >= 0.3 is 0 Å². The van der Waals surface area contributed by atoms with Crippen LogP contribution in [0, 0.1) is 13.8 Å². The fourth-order valence-electron chi connectivity index (χ4n) is 3.53. The first-order valence-corrected chi connectivity index (χ1v) is 13.5. The Morgan fingerprint density at radius 2 is 1.75 bits per heavy atom. The molecule has 0 radical (unpaired) electrons. The van der Waals surface area contributed by atoms with Crippen LogP contribution >= 0.6 is 50.9 Å². The number of halogens is 3. The second-order valence-electron chi connectivity index (χ2n) is 8.05. The summed E-state index contributed by atoms with van der Waals surface area (Å²) in [5, 5.41) is 4.36. The standard InChI is InChI=1S/C27H23BrCl2N2O3S/c1-4-34-23-12-17(6-8-22(23)35-14-18-5-7-20(29)21(30)11-18)13-24-26(33)32-27(36-24)31-19-9-15(2)25(28)16(3)10-19/h5-13H,4,14H2,1-3H3,(H,31,32,33)/b24-13-. The highest BCUT2D eigenvalue weighted by molar-refractivity contribution is 9.10. The van der Waals surface area contributed by atoms with Crippen molar-refractivity contribution in [3.8, 4) is 11.5 Å². The van der Waals surface area contributed by atoms with Gasteiger partial charge in [0.1, 0.15) is 6.61 Å². The van der Waals surface area contributed by atoms with Gasteiger partial charge < -0.3 is 14.8 Å². The number of amides is 1. The summed E-state index contributed by atoms with van der Waals surface area (Å²) in [6.07, 6.45) is 1.81. The van der Waals surface area contributed by atoms with E-state index in [1.54, 1.807) is 12.1 Å². The summed E-state index contributed by atoms with van der Waals surface area (Å²) in [7, 11) is 0. The predicted molar refractivity (Wildman–Crippen MR) is 153 cm³/mol. The van der Waals surface area contributed by atoms with Gasteiger partial charge in [-0.1, -0.05) is 51.3 Å². The number of rotatable bonds is 7. The number of hydrogen-bond acceptors (Lipinski definition) is 5. The molecule has 1 saturated heterocycles. The van der Waals surface area contributed by atoms with E-state index >= 15 is 0 Å². The Morgan fingerprint density at radius 3 is 2.44 bits per heavy atom. The number of hydrogen-bond donors (Lipinski definition) is 1. The molecule has 0 saturated carbocycles. The number of benzene rings is 3. The fourth-order valence-corrected chi connectivity index (χ4v) is 4.92. The van der Waals surface area contributed by atoms with Crippen molar-refractivity contribution in [3.05, 3.63) is 90.2 Å². The highest BCUT2D eigenvalue weighted by Gasteiger charge is 2.24. The third-order valence-corrected chi connectivity index (χ3v) is 8.15. The monoisotopic (exact) mass is 604 g/mol. The molecule has 3 aromatic rings. The fraction of sp³-hybridized carbons (Fsp3) is 0.185. The van der Waals surface area contributed by atoms with E-state index in [-0.39, 0.29) is 5.91 Å². The molecular formula is C27H23BrCl2N2O3S. The predicted octanol–water partition coefficient (Wildman–Crippen LogP) is 8.24. The minimum atomic E-state index is -0.192. The average molecular weight is 606 g/mol. The number of aliphatic imine (C=N–C) groups is 1. The van der Waals surface area contributed by atoms with Crippen molar-refractivity contribution in [1.29, 1.82) is 0 Å². The maximum atomic E-state index is 12.6. The molecule has 1 heterocycles. The lowest BCUT2D eigenvalue weighted by Gasteiger charge is -2.13. The van der Waals surface area contributed by atoms with Gasteiger partial charge in [-0.15, -0.1) is 0 Å². The Labute approximate surface area is 233 Å². The van der Waals surface area contributed by atoms with Crippen molar-refractivity contribution in [2.24, 2.45) is 4.99 Å². The van der Waals surface area contributed by atoms with Gasteiger partial charge in [0.2, 0.25) is 0 Å². The molecule has 9 heteroatoms. The zero-order valence-electron chi connectivity index (χ0n) is 19.8. The average Bonchev–Trinajstić information content (AvgIpc) is 3.17. The largest absolute Gasteiger partial charge is 0.490 e. The van der Waals surface area contributed by atoms with Crippen LogP contribution in [-0.4, -0.2) is 17.7 Å². The number of nitrogens with zero attached hydrogens (tertiary/aromatic N) is 1. The highest BCUT2D eigenvalue weighted by atomic mass is 79.9. The van der Waals surface area contributed by atoms with Gasteiger partial charge in [0.15, 0.2) is 16.7 Å². The molecule has 1 fully saturated rings. The van der Waals surface area contributed by atoms with Crippen LogP contribution < -0.4 is 14.8 Å². The van der Waals surface area contributed by atoms with Crippen molar-refractivity contribution in [1.82, 2.24) is 5.32 Å². The topological polar surface area (TPSA) is 59.9 Å². The number of carbonyl (C=O) groups is 1. The van der Waals surface area contributed by atoms with Gasteiger partial charge in [-0.25, -0.2) is 4.99 Å². The zero-order valence-corrected chi connectivity index (χ0v) is 23.7. The molecule has 4 rings (SSSR count). The van der Waals surface area contributed by atoms with Crippen LogP contribution in [0.5, 0.6) is 11.5 Å². The highest BCUT2D eigenvalue weighted by Crippen LogP contribution is 2.34. The first-order chi connectivity index (χ1) is 17.2. The Hall–Kier alpha value is -2.45. The van der Waals surface area contributed by atoms with Crippen LogP contribution in [0.1, 0.15) is 29.2 Å². The first-order valence-electron chi connectivity index (χ1n) is 11.1. The Balaban J connectivity index is 1.52. The molecule has 5 nitrogen and oxygen atoms in total.